The fourth-order valence-electron chi connectivity index (χ4n) is 2.29. The van der Waals surface area contributed by atoms with E-state index < -0.39 is 0 Å². The maximum atomic E-state index is 9.92. The zero-order valence-electron chi connectivity index (χ0n) is 9.67. The van der Waals surface area contributed by atoms with Gasteiger partial charge in [-0.1, -0.05) is 37.4 Å². The number of aryl methyl sites for hydroxylation is 1. The molecule has 5 heteroatoms. The molecule has 0 saturated heterocycles. The quantitative estimate of drug-likeness (QED) is 0.799. The van der Waals surface area contributed by atoms with E-state index in [-0.39, 0.29) is 6.10 Å². The van der Waals surface area contributed by atoms with Crippen LogP contribution in [-0.4, -0.2) is 31.7 Å². The SMILES string of the molecule is Cn1ncnc1SCC(O)CC1CCCC1. The molecule has 1 saturated carbocycles. The molecule has 0 radical (unpaired) electrons. The largest absolute Gasteiger partial charge is 0.392 e. The van der Waals surface area contributed by atoms with E-state index in [9.17, 15) is 5.11 Å². The van der Waals surface area contributed by atoms with Gasteiger partial charge in [0, 0.05) is 12.8 Å². The number of hydrogen-bond donors (Lipinski definition) is 1. The zero-order valence-corrected chi connectivity index (χ0v) is 10.5. The average Bonchev–Trinajstić information content (AvgIpc) is 2.87. The highest BCUT2D eigenvalue weighted by Gasteiger charge is 2.19. The molecule has 2 rings (SSSR count). The molecular formula is C11H19N3OS. The Kier molecular flexibility index (Phi) is 4.23. The molecule has 1 aromatic heterocycles. The summed E-state index contributed by atoms with van der Waals surface area (Å²) in [6.45, 7) is 0. The van der Waals surface area contributed by atoms with Crippen LogP contribution in [0, 0.1) is 5.92 Å². The van der Waals surface area contributed by atoms with Gasteiger partial charge in [-0.2, -0.15) is 5.10 Å². The minimum Gasteiger partial charge on any atom is -0.392 e. The van der Waals surface area contributed by atoms with Crippen molar-refractivity contribution in [2.24, 2.45) is 13.0 Å². The van der Waals surface area contributed by atoms with Gasteiger partial charge in [0.15, 0.2) is 5.16 Å². The van der Waals surface area contributed by atoms with Crippen LogP contribution in [0.1, 0.15) is 32.1 Å². The van der Waals surface area contributed by atoms with Crippen molar-refractivity contribution in [1.82, 2.24) is 14.8 Å². The number of rotatable bonds is 5. The molecule has 0 bridgehead atoms. The van der Waals surface area contributed by atoms with Gasteiger partial charge in [-0.05, 0) is 12.3 Å². The Bertz CT molecular complexity index is 323. The number of hydrogen-bond acceptors (Lipinski definition) is 4. The molecule has 0 amide bonds. The van der Waals surface area contributed by atoms with E-state index in [1.54, 1.807) is 22.8 Å². The molecule has 1 heterocycles. The predicted molar refractivity (Wildman–Crippen MR) is 64.3 cm³/mol. The molecule has 4 nitrogen and oxygen atoms in total. The first-order valence-corrected chi connectivity index (χ1v) is 6.89. The lowest BCUT2D eigenvalue weighted by Gasteiger charge is -2.14. The summed E-state index contributed by atoms with van der Waals surface area (Å²) in [4.78, 5) is 4.12. The Morgan fingerprint density at radius 1 is 1.56 bits per heavy atom. The highest BCUT2D eigenvalue weighted by molar-refractivity contribution is 7.99. The van der Waals surface area contributed by atoms with Gasteiger partial charge in [-0.3, -0.25) is 0 Å². The molecule has 0 spiro atoms. The lowest BCUT2D eigenvalue weighted by molar-refractivity contribution is 0.165. The molecule has 1 aromatic rings. The van der Waals surface area contributed by atoms with E-state index in [1.807, 2.05) is 7.05 Å². The Hall–Kier alpha value is -0.550. The number of thioether (sulfide) groups is 1. The van der Waals surface area contributed by atoms with Gasteiger partial charge in [-0.25, -0.2) is 9.67 Å². The second kappa shape index (κ2) is 5.68. The fraction of sp³-hybridized carbons (Fsp3) is 0.818. The van der Waals surface area contributed by atoms with E-state index >= 15 is 0 Å². The first kappa shape index (κ1) is 11.9. The number of aliphatic hydroxyl groups is 1. The molecule has 0 aliphatic heterocycles. The average molecular weight is 241 g/mol. The number of nitrogens with zero attached hydrogens (tertiary/aromatic N) is 3. The van der Waals surface area contributed by atoms with Crippen LogP contribution in [-0.2, 0) is 7.05 Å². The van der Waals surface area contributed by atoms with E-state index in [0.717, 1.165) is 23.2 Å². The number of aromatic nitrogens is 3. The molecular weight excluding hydrogens is 222 g/mol. The van der Waals surface area contributed by atoms with Crippen molar-refractivity contribution in [3.8, 4) is 0 Å². The van der Waals surface area contributed by atoms with Gasteiger partial charge in [0.05, 0.1) is 6.10 Å². The molecule has 16 heavy (non-hydrogen) atoms. The van der Waals surface area contributed by atoms with E-state index in [0.29, 0.717) is 0 Å². The molecule has 1 fully saturated rings. The highest BCUT2D eigenvalue weighted by atomic mass is 32.2. The maximum absolute atomic E-state index is 9.92. The van der Waals surface area contributed by atoms with Crippen LogP contribution < -0.4 is 0 Å². The standard InChI is InChI=1S/C11H19N3OS/c1-14-11(12-8-13-14)16-7-10(15)6-9-4-2-3-5-9/h8-10,15H,2-7H2,1H3. The molecule has 1 aliphatic carbocycles. The minimum atomic E-state index is -0.204. The minimum absolute atomic E-state index is 0.204. The van der Waals surface area contributed by atoms with Crippen LogP contribution >= 0.6 is 11.8 Å². The van der Waals surface area contributed by atoms with Crippen LogP contribution in [0.15, 0.2) is 11.5 Å². The van der Waals surface area contributed by atoms with Gasteiger partial charge < -0.3 is 5.11 Å². The van der Waals surface area contributed by atoms with Crippen LogP contribution in [0.5, 0.6) is 0 Å². The lowest BCUT2D eigenvalue weighted by Crippen LogP contribution is -2.14. The number of aliphatic hydroxyl groups excluding tert-OH is 1. The van der Waals surface area contributed by atoms with Gasteiger partial charge in [0.25, 0.3) is 0 Å². The summed E-state index contributed by atoms with van der Waals surface area (Å²) in [5, 5.41) is 14.8. The van der Waals surface area contributed by atoms with Gasteiger partial charge in [-0.15, -0.1) is 0 Å². The van der Waals surface area contributed by atoms with Crippen molar-refractivity contribution < 1.29 is 5.11 Å². The van der Waals surface area contributed by atoms with Crippen LogP contribution in [0.25, 0.3) is 0 Å². The fourth-order valence-corrected chi connectivity index (χ4v) is 3.12. The summed E-state index contributed by atoms with van der Waals surface area (Å²) in [6.07, 6.45) is 7.57. The third kappa shape index (κ3) is 3.22. The van der Waals surface area contributed by atoms with E-state index in [1.165, 1.54) is 25.7 Å². The highest BCUT2D eigenvalue weighted by Crippen LogP contribution is 2.29. The van der Waals surface area contributed by atoms with Crippen LogP contribution in [0.4, 0.5) is 0 Å². The topological polar surface area (TPSA) is 50.9 Å². The normalized spacial score (nSPS) is 19.1. The summed E-state index contributed by atoms with van der Waals surface area (Å²) >= 11 is 1.58. The second-order valence-electron chi connectivity index (χ2n) is 4.52. The van der Waals surface area contributed by atoms with Crippen molar-refractivity contribution in [2.75, 3.05) is 5.75 Å². The maximum Gasteiger partial charge on any atom is 0.185 e. The third-order valence-corrected chi connectivity index (χ3v) is 4.33. The van der Waals surface area contributed by atoms with Crippen molar-refractivity contribution in [2.45, 2.75) is 43.4 Å². The van der Waals surface area contributed by atoms with Crippen molar-refractivity contribution in [3.63, 3.8) is 0 Å². The van der Waals surface area contributed by atoms with E-state index in [2.05, 4.69) is 10.1 Å². The molecule has 1 aliphatic rings. The Balaban J connectivity index is 1.71. The zero-order chi connectivity index (χ0) is 11.4. The summed E-state index contributed by atoms with van der Waals surface area (Å²) in [5.41, 5.74) is 0. The summed E-state index contributed by atoms with van der Waals surface area (Å²) in [5.74, 6) is 1.47. The lowest BCUT2D eigenvalue weighted by atomic mass is 10.0. The molecule has 90 valence electrons. The molecule has 0 aromatic carbocycles. The predicted octanol–water partition coefficient (Wildman–Crippen LogP) is 1.85. The smallest absolute Gasteiger partial charge is 0.185 e. The first-order valence-electron chi connectivity index (χ1n) is 5.90. The monoisotopic (exact) mass is 241 g/mol. The summed E-state index contributed by atoms with van der Waals surface area (Å²) in [6, 6.07) is 0. The molecule has 1 N–H and O–H groups in total. The van der Waals surface area contributed by atoms with Gasteiger partial charge >= 0.3 is 0 Å². The van der Waals surface area contributed by atoms with Gasteiger partial charge in [0.1, 0.15) is 6.33 Å². The first-order chi connectivity index (χ1) is 7.75. The second-order valence-corrected chi connectivity index (χ2v) is 5.50. The Morgan fingerprint density at radius 2 is 2.31 bits per heavy atom. The summed E-state index contributed by atoms with van der Waals surface area (Å²) in [7, 11) is 1.87. The molecule has 1 unspecified atom stereocenters. The van der Waals surface area contributed by atoms with Crippen molar-refractivity contribution >= 4 is 11.8 Å². The Labute approximate surface area is 100 Å². The third-order valence-electron chi connectivity index (χ3n) is 3.15. The van der Waals surface area contributed by atoms with Crippen LogP contribution in [0.3, 0.4) is 0 Å². The van der Waals surface area contributed by atoms with Crippen LogP contribution in [0.2, 0.25) is 0 Å². The summed E-state index contributed by atoms with van der Waals surface area (Å²) < 4.78 is 1.74. The van der Waals surface area contributed by atoms with Crippen molar-refractivity contribution in [3.05, 3.63) is 6.33 Å². The molecule has 1 atom stereocenters. The van der Waals surface area contributed by atoms with E-state index in [4.69, 9.17) is 0 Å². The Morgan fingerprint density at radius 3 is 2.94 bits per heavy atom. The van der Waals surface area contributed by atoms with Crippen molar-refractivity contribution in [1.29, 1.82) is 0 Å². The van der Waals surface area contributed by atoms with Gasteiger partial charge in [0.2, 0.25) is 0 Å².